The molecule has 126 valence electrons. The van der Waals surface area contributed by atoms with Gasteiger partial charge in [0.05, 0.1) is 0 Å². The van der Waals surface area contributed by atoms with E-state index in [1.165, 1.54) is 6.92 Å². The second-order valence-electron chi connectivity index (χ2n) is 6.32. The van der Waals surface area contributed by atoms with E-state index in [9.17, 15) is 14.4 Å². The van der Waals surface area contributed by atoms with Gasteiger partial charge >= 0.3 is 6.03 Å². The SMILES string of the molecule is CC(=O)Nc1cccc(NC(=O)N[C@H](C)C(=O)NC(C)(C)C)c1. The Balaban J connectivity index is 2.59. The van der Waals surface area contributed by atoms with Crippen molar-refractivity contribution in [3.05, 3.63) is 24.3 Å². The average Bonchev–Trinajstić information content (AvgIpc) is 2.35. The van der Waals surface area contributed by atoms with Crippen molar-refractivity contribution < 1.29 is 14.4 Å². The first kappa shape index (κ1) is 18.5. The Hall–Kier alpha value is -2.57. The number of carbonyl (C=O) groups excluding carboxylic acids is 3. The molecule has 0 radical (unpaired) electrons. The molecule has 4 amide bonds. The van der Waals surface area contributed by atoms with E-state index in [1.807, 2.05) is 20.8 Å². The molecule has 0 aliphatic heterocycles. The third kappa shape index (κ3) is 7.30. The maximum atomic E-state index is 11.9. The van der Waals surface area contributed by atoms with Crippen LogP contribution in [0.3, 0.4) is 0 Å². The van der Waals surface area contributed by atoms with E-state index in [0.717, 1.165) is 0 Å². The van der Waals surface area contributed by atoms with E-state index in [2.05, 4.69) is 21.3 Å². The van der Waals surface area contributed by atoms with Crippen LogP contribution in [-0.4, -0.2) is 29.4 Å². The highest BCUT2D eigenvalue weighted by molar-refractivity contribution is 5.95. The number of anilines is 2. The zero-order valence-electron chi connectivity index (χ0n) is 14.1. The highest BCUT2D eigenvalue weighted by Crippen LogP contribution is 2.14. The number of carbonyl (C=O) groups is 3. The van der Waals surface area contributed by atoms with Gasteiger partial charge in [-0.15, -0.1) is 0 Å². The minimum atomic E-state index is -0.673. The van der Waals surface area contributed by atoms with Gasteiger partial charge in [-0.2, -0.15) is 0 Å². The Morgan fingerprint density at radius 1 is 1.04 bits per heavy atom. The van der Waals surface area contributed by atoms with E-state index >= 15 is 0 Å². The van der Waals surface area contributed by atoms with Crippen molar-refractivity contribution in [1.29, 1.82) is 0 Å². The molecule has 23 heavy (non-hydrogen) atoms. The monoisotopic (exact) mass is 320 g/mol. The quantitative estimate of drug-likeness (QED) is 0.683. The summed E-state index contributed by atoms with van der Waals surface area (Å²) < 4.78 is 0. The third-order valence-electron chi connectivity index (χ3n) is 2.68. The first-order valence-electron chi connectivity index (χ1n) is 7.34. The fourth-order valence-electron chi connectivity index (χ4n) is 1.79. The highest BCUT2D eigenvalue weighted by Gasteiger charge is 2.20. The van der Waals surface area contributed by atoms with Crippen LogP contribution in [0.15, 0.2) is 24.3 Å². The number of urea groups is 1. The summed E-state index contributed by atoms with van der Waals surface area (Å²) in [4.78, 5) is 34.9. The maximum Gasteiger partial charge on any atom is 0.319 e. The lowest BCUT2D eigenvalue weighted by Gasteiger charge is -2.23. The van der Waals surface area contributed by atoms with Gasteiger partial charge in [0.2, 0.25) is 11.8 Å². The largest absolute Gasteiger partial charge is 0.350 e. The summed E-state index contributed by atoms with van der Waals surface area (Å²) in [5.74, 6) is -0.460. The Kier molecular flexibility index (Phi) is 6.12. The molecule has 1 aromatic rings. The minimum absolute atomic E-state index is 0.195. The zero-order valence-corrected chi connectivity index (χ0v) is 14.1. The number of nitrogens with one attached hydrogen (secondary N) is 4. The van der Waals surface area contributed by atoms with Crippen LogP contribution < -0.4 is 21.3 Å². The number of amides is 4. The molecule has 0 bridgehead atoms. The fraction of sp³-hybridized carbons (Fsp3) is 0.438. The van der Waals surface area contributed by atoms with E-state index in [0.29, 0.717) is 11.4 Å². The summed E-state index contributed by atoms with van der Waals surface area (Å²) in [5.41, 5.74) is 0.724. The molecule has 1 rings (SSSR count). The molecule has 0 fully saturated rings. The molecule has 0 heterocycles. The van der Waals surface area contributed by atoms with Gasteiger partial charge in [-0.1, -0.05) is 6.07 Å². The summed E-state index contributed by atoms with van der Waals surface area (Å²) in [6, 6.07) is 5.56. The van der Waals surface area contributed by atoms with Crippen LogP contribution in [0, 0.1) is 0 Å². The third-order valence-corrected chi connectivity index (χ3v) is 2.68. The molecule has 0 aliphatic carbocycles. The van der Waals surface area contributed by atoms with Crippen LogP contribution in [0.25, 0.3) is 0 Å². The summed E-state index contributed by atoms with van der Waals surface area (Å²) in [7, 11) is 0. The van der Waals surface area contributed by atoms with Crippen LogP contribution in [0.5, 0.6) is 0 Å². The van der Waals surface area contributed by atoms with Crippen LogP contribution >= 0.6 is 0 Å². The van der Waals surface area contributed by atoms with Crippen LogP contribution in [0.4, 0.5) is 16.2 Å². The van der Waals surface area contributed by atoms with Gasteiger partial charge < -0.3 is 21.3 Å². The minimum Gasteiger partial charge on any atom is -0.350 e. The van der Waals surface area contributed by atoms with Crippen molar-refractivity contribution in [2.75, 3.05) is 10.6 Å². The Bertz CT molecular complexity index is 593. The molecule has 7 nitrogen and oxygen atoms in total. The van der Waals surface area contributed by atoms with Crippen molar-refractivity contribution in [3.63, 3.8) is 0 Å². The fourth-order valence-corrected chi connectivity index (χ4v) is 1.79. The second kappa shape index (κ2) is 7.62. The molecule has 1 atom stereocenters. The van der Waals surface area contributed by atoms with Crippen LogP contribution in [0.2, 0.25) is 0 Å². The summed E-state index contributed by atoms with van der Waals surface area (Å²) >= 11 is 0. The number of hydrogen-bond acceptors (Lipinski definition) is 3. The predicted molar refractivity (Wildman–Crippen MR) is 90.3 cm³/mol. The van der Waals surface area contributed by atoms with Gasteiger partial charge in [-0.25, -0.2) is 4.79 Å². The Morgan fingerprint density at radius 3 is 2.13 bits per heavy atom. The molecule has 0 saturated carbocycles. The molecule has 0 saturated heterocycles. The number of rotatable bonds is 4. The Morgan fingerprint density at radius 2 is 1.61 bits per heavy atom. The molecule has 0 aromatic heterocycles. The van der Waals surface area contributed by atoms with E-state index in [1.54, 1.807) is 31.2 Å². The van der Waals surface area contributed by atoms with Gasteiger partial charge in [0.1, 0.15) is 6.04 Å². The molecule has 0 spiro atoms. The molecule has 0 unspecified atom stereocenters. The molecule has 1 aromatic carbocycles. The van der Waals surface area contributed by atoms with E-state index < -0.39 is 12.1 Å². The number of benzene rings is 1. The lowest BCUT2D eigenvalue weighted by atomic mass is 10.1. The second-order valence-corrected chi connectivity index (χ2v) is 6.32. The van der Waals surface area contributed by atoms with E-state index in [4.69, 9.17) is 0 Å². The standard InChI is InChI=1S/C16H24N4O3/c1-10(14(22)20-16(3,4)5)17-15(23)19-13-8-6-7-12(9-13)18-11(2)21/h6-10H,1-5H3,(H,18,21)(H,20,22)(H2,17,19,23)/t10-/m1/s1. The Labute approximate surface area is 136 Å². The van der Waals surface area contributed by atoms with Gasteiger partial charge in [0.15, 0.2) is 0 Å². The van der Waals surface area contributed by atoms with E-state index in [-0.39, 0.29) is 17.4 Å². The van der Waals surface area contributed by atoms with Crippen molar-refractivity contribution in [2.24, 2.45) is 0 Å². The van der Waals surface area contributed by atoms with Gasteiger partial charge in [0, 0.05) is 23.8 Å². The van der Waals surface area contributed by atoms with Gasteiger partial charge in [-0.3, -0.25) is 9.59 Å². The smallest absolute Gasteiger partial charge is 0.319 e. The molecular formula is C16H24N4O3. The lowest BCUT2D eigenvalue weighted by Crippen LogP contribution is -2.51. The molecule has 4 N–H and O–H groups in total. The predicted octanol–water partition coefficient (Wildman–Crippen LogP) is 2.07. The van der Waals surface area contributed by atoms with Crippen molar-refractivity contribution in [2.45, 2.75) is 46.2 Å². The lowest BCUT2D eigenvalue weighted by molar-refractivity contribution is -0.124. The molecule has 7 heteroatoms. The normalized spacial score (nSPS) is 12.0. The number of hydrogen-bond donors (Lipinski definition) is 4. The van der Waals surface area contributed by atoms with Crippen molar-refractivity contribution in [1.82, 2.24) is 10.6 Å². The zero-order chi connectivity index (χ0) is 17.6. The first-order chi connectivity index (χ1) is 10.6. The van der Waals surface area contributed by atoms with Crippen molar-refractivity contribution >= 4 is 29.2 Å². The summed E-state index contributed by atoms with van der Waals surface area (Å²) in [6.07, 6.45) is 0. The topological polar surface area (TPSA) is 99.3 Å². The van der Waals surface area contributed by atoms with Crippen molar-refractivity contribution in [3.8, 4) is 0 Å². The summed E-state index contributed by atoms with van der Waals surface area (Å²) in [6.45, 7) is 8.61. The first-order valence-corrected chi connectivity index (χ1v) is 7.34. The maximum absolute atomic E-state index is 11.9. The van der Waals surface area contributed by atoms with Gasteiger partial charge in [0.25, 0.3) is 0 Å². The van der Waals surface area contributed by atoms with Gasteiger partial charge in [-0.05, 0) is 45.9 Å². The molecular weight excluding hydrogens is 296 g/mol. The average molecular weight is 320 g/mol. The highest BCUT2D eigenvalue weighted by atomic mass is 16.2. The summed E-state index contributed by atoms with van der Waals surface area (Å²) in [5, 5.41) is 10.6. The van der Waals surface area contributed by atoms with Crippen LogP contribution in [-0.2, 0) is 9.59 Å². The van der Waals surface area contributed by atoms with Crippen LogP contribution in [0.1, 0.15) is 34.6 Å². The molecule has 0 aliphatic rings.